The maximum atomic E-state index is 11.8. The highest BCUT2D eigenvalue weighted by Crippen LogP contribution is 2.18. The Morgan fingerprint density at radius 1 is 1.00 bits per heavy atom. The van der Waals surface area contributed by atoms with Crippen LogP contribution in [-0.2, 0) is 14.3 Å². The van der Waals surface area contributed by atoms with E-state index in [4.69, 9.17) is 15.2 Å². The molecule has 3 N–H and O–H groups in total. The first kappa shape index (κ1) is 22.9. The smallest absolute Gasteiger partial charge is 0.177 e. The van der Waals surface area contributed by atoms with Gasteiger partial charge in [-0.25, -0.2) is 0 Å². The second kappa shape index (κ2) is 8.30. The predicted octanol–water partition coefficient (Wildman–Crippen LogP) is 2.53. The maximum Gasteiger partial charge on any atom is 0.177 e. The molecule has 5 nitrogen and oxygen atoms in total. The van der Waals surface area contributed by atoms with Gasteiger partial charge < -0.3 is 20.5 Å². The summed E-state index contributed by atoms with van der Waals surface area (Å²) in [5, 5.41) is 3.32. The molecule has 0 aromatic rings. The van der Waals surface area contributed by atoms with E-state index in [0.29, 0.717) is 19.6 Å². The second-order valence-electron chi connectivity index (χ2n) is 8.46. The summed E-state index contributed by atoms with van der Waals surface area (Å²) in [6.45, 7) is 16.6. The van der Waals surface area contributed by atoms with Gasteiger partial charge in [0.1, 0.15) is 6.61 Å². The van der Waals surface area contributed by atoms with Gasteiger partial charge in [0.05, 0.1) is 28.2 Å². The summed E-state index contributed by atoms with van der Waals surface area (Å²) in [6.07, 6.45) is 0.693. The van der Waals surface area contributed by atoms with Crippen LogP contribution in [0.25, 0.3) is 0 Å². The zero-order chi connectivity index (χ0) is 18.5. The average Bonchev–Trinajstić information content (AvgIpc) is 2.31. The Hall–Kier alpha value is -0.140. The molecule has 0 heterocycles. The summed E-state index contributed by atoms with van der Waals surface area (Å²) >= 11 is 4.44. The summed E-state index contributed by atoms with van der Waals surface area (Å²) in [7, 11) is 0. The Balaban J connectivity index is 4.21. The van der Waals surface area contributed by atoms with E-state index in [1.54, 1.807) is 13.8 Å². The van der Waals surface area contributed by atoms with Crippen LogP contribution in [0.4, 0.5) is 0 Å². The molecular formula is C17H36N2O3S. The van der Waals surface area contributed by atoms with Crippen molar-refractivity contribution in [3.05, 3.63) is 0 Å². The Morgan fingerprint density at radius 2 is 1.52 bits per heavy atom. The molecule has 0 amide bonds. The van der Waals surface area contributed by atoms with Gasteiger partial charge in [0, 0.05) is 6.54 Å². The fraction of sp³-hybridized carbons (Fsp3) is 0.941. The zero-order valence-corrected chi connectivity index (χ0v) is 17.0. The highest BCUT2D eigenvalue weighted by molar-refractivity contribution is 7.81. The van der Waals surface area contributed by atoms with Gasteiger partial charge in [0.25, 0.3) is 0 Å². The predicted molar refractivity (Wildman–Crippen MR) is 99.0 cm³/mol. The van der Waals surface area contributed by atoms with Gasteiger partial charge in [-0.3, -0.25) is 4.79 Å². The van der Waals surface area contributed by atoms with Crippen LogP contribution in [0, 0.1) is 0 Å². The van der Waals surface area contributed by atoms with E-state index in [1.165, 1.54) is 0 Å². The molecule has 0 radical (unpaired) electrons. The van der Waals surface area contributed by atoms with Crippen molar-refractivity contribution in [3.8, 4) is 0 Å². The molecule has 0 aromatic carbocycles. The number of nitrogens with two attached hydrogens (primary N) is 1. The van der Waals surface area contributed by atoms with Crippen molar-refractivity contribution in [1.82, 2.24) is 5.32 Å². The summed E-state index contributed by atoms with van der Waals surface area (Å²) in [5.41, 5.74) is 4.17. The Kier molecular flexibility index (Phi) is 8.25. The third kappa shape index (κ3) is 12.0. The van der Waals surface area contributed by atoms with E-state index in [-0.39, 0.29) is 22.9 Å². The van der Waals surface area contributed by atoms with Gasteiger partial charge in [-0.1, -0.05) is 0 Å². The fourth-order valence-electron chi connectivity index (χ4n) is 1.57. The van der Waals surface area contributed by atoms with Gasteiger partial charge in [-0.05, 0) is 61.8 Å². The minimum atomic E-state index is -0.861. The monoisotopic (exact) mass is 348 g/mol. The van der Waals surface area contributed by atoms with E-state index in [9.17, 15) is 4.79 Å². The van der Waals surface area contributed by atoms with Gasteiger partial charge in [0.2, 0.25) is 0 Å². The summed E-state index contributed by atoms with van der Waals surface area (Å²) < 4.78 is 11.7. The van der Waals surface area contributed by atoms with Gasteiger partial charge in [-0.2, -0.15) is 12.6 Å². The number of carbonyl (C=O) groups excluding carboxylic acids is 1. The van der Waals surface area contributed by atoms with E-state index < -0.39 is 11.1 Å². The number of carbonyl (C=O) groups is 1. The van der Waals surface area contributed by atoms with Crippen molar-refractivity contribution < 1.29 is 14.3 Å². The number of nitrogens with one attached hydrogen (secondary N) is 1. The first-order chi connectivity index (χ1) is 10.0. The molecular weight excluding hydrogens is 312 g/mol. The molecule has 0 aliphatic rings. The number of ether oxygens (including phenoxy) is 2. The lowest BCUT2D eigenvalue weighted by Crippen LogP contribution is -2.46. The van der Waals surface area contributed by atoms with E-state index >= 15 is 0 Å². The third-order valence-electron chi connectivity index (χ3n) is 3.46. The van der Waals surface area contributed by atoms with Crippen molar-refractivity contribution in [2.45, 2.75) is 83.4 Å². The summed E-state index contributed by atoms with van der Waals surface area (Å²) in [4.78, 5) is 11.6. The summed E-state index contributed by atoms with van der Waals surface area (Å²) in [6, 6.07) is 0. The zero-order valence-electron chi connectivity index (χ0n) is 16.1. The highest BCUT2D eigenvalue weighted by atomic mass is 32.1. The van der Waals surface area contributed by atoms with Crippen LogP contribution in [0.1, 0.15) is 61.8 Å². The standard InChI is InChI=1S/C17H36N2O3S/c1-14(2,22-11-13(20)16(5,6)18)9-10-21-15(3,4)12-19-17(7,8)23/h19,23H,9-12,18H2,1-8H3. The first-order valence-corrected chi connectivity index (χ1v) is 8.56. The minimum Gasteiger partial charge on any atom is -0.374 e. The maximum absolute atomic E-state index is 11.8. The van der Waals surface area contributed by atoms with Crippen LogP contribution in [0.3, 0.4) is 0 Å². The Morgan fingerprint density at radius 3 is 1.96 bits per heavy atom. The number of rotatable bonds is 11. The lowest BCUT2D eigenvalue weighted by Gasteiger charge is -2.32. The van der Waals surface area contributed by atoms with Crippen LogP contribution in [0.2, 0.25) is 0 Å². The molecule has 0 aliphatic heterocycles. The SMILES string of the molecule is CC(C)(S)NCC(C)(C)OCCC(C)(C)OCC(=O)C(C)(C)N. The van der Waals surface area contributed by atoms with E-state index in [1.807, 2.05) is 41.5 Å². The molecule has 0 aromatic heterocycles. The van der Waals surface area contributed by atoms with Crippen molar-refractivity contribution in [2.24, 2.45) is 5.73 Å². The molecule has 0 saturated heterocycles. The van der Waals surface area contributed by atoms with Crippen LogP contribution >= 0.6 is 12.6 Å². The van der Waals surface area contributed by atoms with E-state index in [0.717, 1.165) is 0 Å². The van der Waals surface area contributed by atoms with Crippen molar-refractivity contribution in [2.75, 3.05) is 19.8 Å². The van der Waals surface area contributed by atoms with Crippen molar-refractivity contribution in [1.29, 1.82) is 0 Å². The molecule has 0 saturated carbocycles. The third-order valence-corrected chi connectivity index (χ3v) is 3.61. The van der Waals surface area contributed by atoms with Crippen LogP contribution in [-0.4, -0.2) is 47.2 Å². The molecule has 0 aliphatic carbocycles. The highest BCUT2D eigenvalue weighted by Gasteiger charge is 2.27. The lowest BCUT2D eigenvalue weighted by atomic mass is 10.0. The Labute approximate surface area is 147 Å². The molecule has 0 bridgehead atoms. The van der Waals surface area contributed by atoms with Gasteiger partial charge >= 0.3 is 0 Å². The van der Waals surface area contributed by atoms with Crippen molar-refractivity contribution in [3.63, 3.8) is 0 Å². The van der Waals surface area contributed by atoms with Gasteiger partial charge in [-0.15, -0.1) is 0 Å². The fourth-order valence-corrected chi connectivity index (χ4v) is 1.65. The first-order valence-electron chi connectivity index (χ1n) is 8.12. The normalized spacial score (nSPS) is 14.2. The molecule has 0 atom stereocenters. The van der Waals surface area contributed by atoms with Crippen LogP contribution < -0.4 is 11.1 Å². The molecule has 0 spiro atoms. The second-order valence-corrected chi connectivity index (χ2v) is 9.58. The Bertz CT molecular complexity index is 382. The average molecular weight is 349 g/mol. The van der Waals surface area contributed by atoms with Crippen molar-refractivity contribution >= 4 is 18.4 Å². The van der Waals surface area contributed by atoms with E-state index in [2.05, 4.69) is 17.9 Å². The largest absolute Gasteiger partial charge is 0.374 e. The molecule has 6 heteroatoms. The molecule has 0 rings (SSSR count). The van der Waals surface area contributed by atoms with Crippen LogP contribution in [0.15, 0.2) is 0 Å². The summed E-state index contributed by atoms with van der Waals surface area (Å²) in [5.74, 6) is -0.105. The minimum absolute atomic E-state index is 0.0231. The topological polar surface area (TPSA) is 73.6 Å². The lowest BCUT2D eigenvalue weighted by molar-refractivity contribution is -0.135. The molecule has 23 heavy (non-hydrogen) atoms. The number of thiol groups is 1. The number of Topliss-reactive ketones (excluding diaryl/α,β-unsaturated/α-hetero) is 1. The molecule has 138 valence electrons. The van der Waals surface area contributed by atoms with Crippen LogP contribution in [0.5, 0.6) is 0 Å². The molecule has 0 unspecified atom stereocenters. The van der Waals surface area contributed by atoms with Gasteiger partial charge in [0.15, 0.2) is 5.78 Å². The number of ketones is 1. The quantitative estimate of drug-likeness (QED) is 0.395. The number of hydrogen-bond donors (Lipinski definition) is 3. The number of hydrogen-bond acceptors (Lipinski definition) is 6. The molecule has 0 fully saturated rings.